The molecule has 0 radical (unpaired) electrons. The average Bonchev–Trinajstić information content (AvgIpc) is 2.91. The van der Waals surface area contributed by atoms with E-state index in [1.165, 1.54) is 0 Å². The molecule has 1 fully saturated rings. The largest absolute Gasteiger partial charge is 0.353 e. The van der Waals surface area contributed by atoms with Crippen LogP contribution in [0.3, 0.4) is 0 Å². The maximum Gasteiger partial charge on any atom is 0.223 e. The van der Waals surface area contributed by atoms with Gasteiger partial charge in [0.05, 0.1) is 0 Å². The molecule has 22 heavy (non-hydrogen) atoms. The van der Waals surface area contributed by atoms with Gasteiger partial charge in [0.15, 0.2) is 0 Å². The highest BCUT2D eigenvalue weighted by Gasteiger charge is 2.27. The Morgan fingerprint density at radius 3 is 2.32 bits per heavy atom. The fourth-order valence-corrected chi connectivity index (χ4v) is 3.07. The molecule has 5 nitrogen and oxygen atoms in total. The van der Waals surface area contributed by atoms with Gasteiger partial charge in [-0.3, -0.25) is 9.59 Å². The summed E-state index contributed by atoms with van der Waals surface area (Å²) in [6, 6.07) is 0.208. The van der Waals surface area contributed by atoms with Gasteiger partial charge in [-0.1, -0.05) is 20.3 Å². The molecule has 6 heteroatoms. The number of nitrogens with two attached hydrogens (primary N) is 1. The maximum absolute atomic E-state index is 12.1. The molecule has 1 aliphatic rings. The van der Waals surface area contributed by atoms with Gasteiger partial charge in [0.2, 0.25) is 11.8 Å². The first kappa shape index (κ1) is 21.2. The van der Waals surface area contributed by atoms with Crippen LogP contribution >= 0.6 is 12.4 Å². The summed E-state index contributed by atoms with van der Waals surface area (Å²) in [5.41, 5.74) is 5.72. The molecule has 0 aromatic carbocycles. The van der Waals surface area contributed by atoms with Gasteiger partial charge in [-0.15, -0.1) is 12.4 Å². The number of nitrogens with one attached hydrogen (secondary N) is 1. The molecule has 0 spiro atoms. The number of hydrogen-bond acceptors (Lipinski definition) is 3. The van der Waals surface area contributed by atoms with Gasteiger partial charge >= 0.3 is 0 Å². The smallest absolute Gasteiger partial charge is 0.223 e. The minimum Gasteiger partial charge on any atom is -0.353 e. The van der Waals surface area contributed by atoms with Crippen LogP contribution in [0.25, 0.3) is 0 Å². The zero-order valence-corrected chi connectivity index (χ0v) is 14.8. The Balaban J connectivity index is 0.00000441. The highest BCUT2D eigenvalue weighted by atomic mass is 35.5. The predicted molar refractivity (Wildman–Crippen MR) is 92.0 cm³/mol. The van der Waals surface area contributed by atoms with Crippen molar-refractivity contribution >= 4 is 24.2 Å². The Morgan fingerprint density at radius 2 is 1.77 bits per heavy atom. The molecule has 0 aliphatic heterocycles. The molecule has 0 saturated heterocycles. The van der Waals surface area contributed by atoms with Crippen LogP contribution < -0.4 is 11.1 Å². The normalized spacial score (nSPS) is 20.3. The number of rotatable bonds is 9. The third-order valence-electron chi connectivity index (χ3n) is 4.21. The molecule has 1 aliphatic carbocycles. The maximum atomic E-state index is 12.1. The van der Waals surface area contributed by atoms with Crippen molar-refractivity contribution in [3.63, 3.8) is 0 Å². The summed E-state index contributed by atoms with van der Waals surface area (Å²) in [7, 11) is 0. The molecule has 2 atom stereocenters. The van der Waals surface area contributed by atoms with Crippen molar-refractivity contribution in [2.75, 3.05) is 19.6 Å². The lowest BCUT2D eigenvalue weighted by atomic mass is 10.0. The number of carbonyl (C=O) groups excluding carboxylic acids is 2. The Kier molecular flexibility index (Phi) is 11.3. The molecule has 2 amide bonds. The first-order chi connectivity index (χ1) is 10.1. The number of hydrogen-bond donors (Lipinski definition) is 2. The molecule has 1 saturated carbocycles. The highest BCUT2D eigenvalue weighted by molar-refractivity contribution is 5.85. The fourth-order valence-electron chi connectivity index (χ4n) is 3.07. The molecule has 130 valence electrons. The zero-order chi connectivity index (χ0) is 15.7. The van der Waals surface area contributed by atoms with E-state index in [0.717, 1.165) is 45.2 Å². The number of amides is 2. The predicted octanol–water partition coefficient (Wildman–Crippen LogP) is 2.08. The molecular formula is C16H32ClN3O2. The van der Waals surface area contributed by atoms with Crippen LogP contribution in [0.2, 0.25) is 0 Å². The van der Waals surface area contributed by atoms with Crippen LogP contribution in [0.4, 0.5) is 0 Å². The van der Waals surface area contributed by atoms with Gasteiger partial charge in [-0.2, -0.15) is 0 Å². The average molecular weight is 334 g/mol. The molecule has 0 aromatic heterocycles. The van der Waals surface area contributed by atoms with Crippen LogP contribution in [0.5, 0.6) is 0 Å². The molecule has 0 aromatic rings. The Hall–Kier alpha value is -0.810. The van der Waals surface area contributed by atoms with Crippen LogP contribution in [-0.2, 0) is 9.59 Å². The summed E-state index contributed by atoms with van der Waals surface area (Å²) in [5, 5.41) is 3.05. The van der Waals surface area contributed by atoms with E-state index >= 15 is 0 Å². The summed E-state index contributed by atoms with van der Waals surface area (Å²) in [6.45, 7) is 6.33. The Bertz CT molecular complexity index is 333. The second kappa shape index (κ2) is 11.7. The number of halogens is 1. The van der Waals surface area contributed by atoms with E-state index < -0.39 is 0 Å². The lowest BCUT2D eigenvalue weighted by Gasteiger charge is -2.22. The second-order valence-electron chi connectivity index (χ2n) is 5.98. The summed E-state index contributed by atoms with van der Waals surface area (Å²) >= 11 is 0. The monoisotopic (exact) mass is 333 g/mol. The lowest BCUT2D eigenvalue weighted by molar-refractivity contribution is -0.133. The summed E-state index contributed by atoms with van der Waals surface area (Å²) in [6.07, 6.45) is 5.76. The first-order valence-corrected chi connectivity index (χ1v) is 8.39. The van der Waals surface area contributed by atoms with Gasteiger partial charge < -0.3 is 16.0 Å². The first-order valence-electron chi connectivity index (χ1n) is 8.39. The Labute approximate surface area is 140 Å². The van der Waals surface area contributed by atoms with Crippen molar-refractivity contribution in [3.05, 3.63) is 0 Å². The molecule has 2 unspecified atom stereocenters. The van der Waals surface area contributed by atoms with Crippen LogP contribution in [-0.4, -0.2) is 42.4 Å². The van der Waals surface area contributed by atoms with E-state index in [4.69, 9.17) is 5.73 Å². The fraction of sp³-hybridized carbons (Fsp3) is 0.875. The van der Waals surface area contributed by atoms with Gasteiger partial charge in [-0.25, -0.2) is 0 Å². The van der Waals surface area contributed by atoms with E-state index in [1.54, 1.807) is 0 Å². The molecular weight excluding hydrogens is 302 g/mol. The van der Waals surface area contributed by atoms with Gasteiger partial charge in [0.1, 0.15) is 0 Å². The van der Waals surface area contributed by atoms with E-state index in [0.29, 0.717) is 18.9 Å². The van der Waals surface area contributed by atoms with Crippen molar-refractivity contribution in [2.45, 2.75) is 64.8 Å². The van der Waals surface area contributed by atoms with Gasteiger partial charge in [0.25, 0.3) is 0 Å². The lowest BCUT2D eigenvalue weighted by Crippen LogP contribution is -2.40. The van der Waals surface area contributed by atoms with Crippen molar-refractivity contribution in [3.8, 4) is 0 Å². The molecule has 3 N–H and O–H groups in total. The summed E-state index contributed by atoms with van der Waals surface area (Å²) in [4.78, 5) is 26.0. The molecule has 0 bridgehead atoms. The van der Waals surface area contributed by atoms with Crippen LogP contribution in [0.1, 0.15) is 58.8 Å². The van der Waals surface area contributed by atoms with E-state index in [2.05, 4.69) is 19.2 Å². The van der Waals surface area contributed by atoms with Gasteiger partial charge in [-0.05, 0) is 38.1 Å². The van der Waals surface area contributed by atoms with Crippen LogP contribution in [0.15, 0.2) is 0 Å². The minimum atomic E-state index is -0.0124. The second-order valence-corrected chi connectivity index (χ2v) is 5.98. The van der Waals surface area contributed by atoms with Crippen molar-refractivity contribution in [1.29, 1.82) is 0 Å². The highest BCUT2D eigenvalue weighted by Crippen LogP contribution is 2.24. The van der Waals surface area contributed by atoms with E-state index in [9.17, 15) is 9.59 Å². The quantitative estimate of drug-likeness (QED) is 0.678. The number of nitrogens with zero attached hydrogens (tertiary/aromatic N) is 1. The van der Waals surface area contributed by atoms with Crippen molar-refractivity contribution in [2.24, 2.45) is 11.7 Å². The zero-order valence-electron chi connectivity index (χ0n) is 14.0. The van der Waals surface area contributed by atoms with E-state index in [1.807, 2.05) is 4.90 Å². The van der Waals surface area contributed by atoms with Crippen LogP contribution in [0, 0.1) is 5.92 Å². The van der Waals surface area contributed by atoms with Crippen molar-refractivity contribution in [1.82, 2.24) is 10.2 Å². The third kappa shape index (κ3) is 6.97. The topological polar surface area (TPSA) is 75.4 Å². The molecule has 1 rings (SSSR count). The van der Waals surface area contributed by atoms with Gasteiger partial charge in [0, 0.05) is 32.0 Å². The SMILES string of the molecule is CCCN(CCC)C(=O)CCC(=O)NC1CCCC1CN.Cl. The third-order valence-corrected chi connectivity index (χ3v) is 4.21. The Morgan fingerprint density at radius 1 is 1.14 bits per heavy atom. The number of carbonyl (C=O) groups is 2. The van der Waals surface area contributed by atoms with Crippen molar-refractivity contribution < 1.29 is 9.59 Å². The summed E-state index contributed by atoms with van der Waals surface area (Å²) < 4.78 is 0. The standard InChI is InChI=1S/C16H31N3O2.ClH/c1-3-10-19(11-4-2)16(21)9-8-15(20)18-14-7-5-6-13(14)12-17;/h13-14H,3-12,17H2,1-2H3,(H,18,20);1H. The molecule has 0 heterocycles. The summed E-state index contributed by atoms with van der Waals surface area (Å²) in [5.74, 6) is 0.485. The van der Waals surface area contributed by atoms with E-state index in [-0.39, 0.29) is 36.7 Å². The minimum absolute atomic E-state index is 0.